The maximum atomic E-state index is 12.5. The van der Waals surface area contributed by atoms with Crippen LogP contribution in [-0.4, -0.2) is 37.2 Å². The third kappa shape index (κ3) is 4.78. The van der Waals surface area contributed by atoms with E-state index in [9.17, 15) is 18.0 Å². The van der Waals surface area contributed by atoms with Crippen molar-refractivity contribution in [3.05, 3.63) is 53.6 Å². The second-order valence-electron chi connectivity index (χ2n) is 5.74. The van der Waals surface area contributed by atoms with Gasteiger partial charge < -0.3 is 15.8 Å². The van der Waals surface area contributed by atoms with Crippen molar-refractivity contribution in [3.8, 4) is 11.6 Å². The van der Waals surface area contributed by atoms with E-state index in [0.29, 0.717) is 12.1 Å². The quantitative estimate of drug-likeness (QED) is 0.641. The van der Waals surface area contributed by atoms with E-state index in [0.717, 1.165) is 6.07 Å². The Morgan fingerprint density at radius 1 is 1.21 bits per heavy atom. The number of amides is 1. The van der Waals surface area contributed by atoms with Gasteiger partial charge in [0, 0.05) is 12.1 Å². The minimum Gasteiger partial charge on any atom is -0.405 e. The monoisotopic (exact) mass is 407 g/mol. The number of benzene rings is 1. The van der Waals surface area contributed by atoms with E-state index in [2.05, 4.69) is 30.2 Å². The predicted octanol–water partition coefficient (Wildman–Crippen LogP) is 2.03. The number of anilines is 1. The number of aryl methyl sites for hydroxylation is 1. The molecule has 12 heteroatoms. The van der Waals surface area contributed by atoms with Crippen molar-refractivity contribution in [1.82, 2.24) is 30.3 Å². The van der Waals surface area contributed by atoms with Crippen molar-refractivity contribution in [1.29, 1.82) is 0 Å². The molecule has 9 nitrogen and oxygen atoms in total. The highest BCUT2D eigenvalue weighted by Crippen LogP contribution is 2.26. The van der Waals surface area contributed by atoms with Crippen LogP contribution in [-0.2, 0) is 13.0 Å². The Morgan fingerprint density at radius 3 is 2.55 bits per heavy atom. The number of hydrogen-bond acceptors (Lipinski definition) is 7. The van der Waals surface area contributed by atoms with Gasteiger partial charge in [-0.05, 0) is 12.5 Å². The summed E-state index contributed by atoms with van der Waals surface area (Å²) in [5.41, 5.74) is 6.28. The third-order valence-corrected chi connectivity index (χ3v) is 3.77. The molecular weight excluding hydrogens is 391 g/mol. The van der Waals surface area contributed by atoms with E-state index in [-0.39, 0.29) is 29.4 Å². The lowest BCUT2D eigenvalue weighted by Crippen LogP contribution is -2.27. The summed E-state index contributed by atoms with van der Waals surface area (Å²) in [6.45, 7) is 1.58. The molecule has 0 spiro atoms. The van der Waals surface area contributed by atoms with Crippen LogP contribution >= 0.6 is 0 Å². The zero-order chi connectivity index (χ0) is 21.0. The lowest BCUT2D eigenvalue weighted by molar-refractivity contribution is -0.274. The molecule has 1 amide bonds. The molecule has 152 valence electrons. The normalized spacial score (nSPS) is 11.3. The summed E-state index contributed by atoms with van der Waals surface area (Å²) >= 11 is 0. The molecule has 3 aromatic rings. The molecule has 0 aliphatic rings. The molecule has 3 N–H and O–H groups in total. The molecule has 0 aliphatic heterocycles. The minimum atomic E-state index is -4.84. The number of carbonyl (C=O) groups excluding carboxylic acids is 1. The molecule has 2 heterocycles. The zero-order valence-corrected chi connectivity index (χ0v) is 15.1. The number of aromatic nitrogens is 5. The van der Waals surface area contributed by atoms with Gasteiger partial charge in [-0.1, -0.05) is 25.1 Å². The fourth-order valence-corrected chi connectivity index (χ4v) is 2.50. The lowest BCUT2D eigenvalue weighted by Gasteiger charge is -2.14. The second-order valence-corrected chi connectivity index (χ2v) is 5.74. The smallest absolute Gasteiger partial charge is 0.405 e. The molecule has 2 aromatic heterocycles. The molecule has 3 rings (SSSR count). The Hall–Kier alpha value is -3.70. The SMILES string of the molecule is CCc1nc(C(=O)NCc2ccccc2OC(F)(F)F)c(N)nc1-n1nccn1. The van der Waals surface area contributed by atoms with E-state index in [1.165, 1.54) is 35.4 Å². The standard InChI is InChI=1S/C17H16F3N7O2/c1-2-11-15(27-23-7-8-24-27)26-14(21)13(25-11)16(28)22-9-10-5-3-4-6-12(10)29-17(18,19)20/h3-8H,2,9H2,1H3,(H2,21,26)(H,22,28). The highest BCUT2D eigenvalue weighted by molar-refractivity contribution is 5.96. The Morgan fingerprint density at radius 2 is 1.90 bits per heavy atom. The second kappa shape index (κ2) is 8.12. The van der Waals surface area contributed by atoms with E-state index in [1.807, 2.05) is 0 Å². The van der Waals surface area contributed by atoms with E-state index in [4.69, 9.17) is 5.73 Å². The maximum absolute atomic E-state index is 12.5. The van der Waals surface area contributed by atoms with Crippen molar-refractivity contribution in [2.45, 2.75) is 26.3 Å². The summed E-state index contributed by atoms with van der Waals surface area (Å²) in [5, 5.41) is 10.4. The highest BCUT2D eigenvalue weighted by atomic mass is 19.4. The number of nitrogen functional groups attached to an aromatic ring is 1. The highest BCUT2D eigenvalue weighted by Gasteiger charge is 2.32. The van der Waals surface area contributed by atoms with Crippen molar-refractivity contribution >= 4 is 11.7 Å². The van der Waals surface area contributed by atoms with Crippen LogP contribution in [0, 0.1) is 0 Å². The van der Waals surface area contributed by atoms with Gasteiger partial charge in [-0.15, -0.1) is 18.0 Å². The Kier molecular flexibility index (Phi) is 5.61. The van der Waals surface area contributed by atoms with Crippen LogP contribution in [0.1, 0.15) is 28.7 Å². The number of alkyl halides is 3. The minimum absolute atomic E-state index is 0.137. The van der Waals surface area contributed by atoms with Crippen LogP contribution in [0.5, 0.6) is 5.75 Å². The fourth-order valence-electron chi connectivity index (χ4n) is 2.50. The molecule has 0 unspecified atom stereocenters. The van der Waals surface area contributed by atoms with Crippen molar-refractivity contribution in [2.75, 3.05) is 5.73 Å². The van der Waals surface area contributed by atoms with Crippen LogP contribution in [0.3, 0.4) is 0 Å². The summed E-state index contributed by atoms with van der Waals surface area (Å²) in [6.07, 6.45) is -1.51. The average Bonchev–Trinajstić information content (AvgIpc) is 3.20. The fraction of sp³-hybridized carbons (Fsp3) is 0.235. The molecule has 0 fully saturated rings. The van der Waals surface area contributed by atoms with Gasteiger partial charge >= 0.3 is 6.36 Å². The number of nitrogens with zero attached hydrogens (tertiary/aromatic N) is 5. The van der Waals surface area contributed by atoms with Gasteiger partial charge in [0.05, 0.1) is 18.1 Å². The molecule has 1 aromatic carbocycles. The number of rotatable bonds is 6. The zero-order valence-electron chi connectivity index (χ0n) is 15.1. The summed E-state index contributed by atoms with van der Waals surface area (Å²) in [5.74, 6) is -0.970. The largest absolute Gasteiger partial charge is 0.573 e. The third-order valence-electron chi connectivity index (χ3n) is 3.77. The first-order chi connectivity index (χ1) is 13.8. The Labute approximate surface area is 162 Å². The van der Waals surface area contributed by atoms with Gasteiger partial charge in [-0.2, -0.15) is 10.2 Å². The Bertz CT molecular complexity index is 1010. The molecule has 0 atom stereocenters. The molecule has 0 bridgehead atoms. The number of nitrogens with one attached hydrogen (secondary N) is 1. The van der Waals surface area contributed by atoms with E-state index < -0.39 is 18.0 Å². The van der Waals surface area contributed by atoms with Crippen molar-refractivity contribution < 1.29 is 22.7 Å². The predicted molar refractivity (Wildman–Crippen MR) is 95.0 cm³/mol. The number of nitrogens with two attached hydrogens (primary N) is 1. The number of halogens is 3. The van der Waals surface area contributed by atoms with Crippen LogP contribution in [0.4, 0.5) is 19.0 Å². The molecule has 0 radical (unpaired) electrons. The van der Waals surface area contributed by atoms with Crippen LogP contribution < -0.4 is 15.8 Å². The summed E-state index contributed by atoms with van der Waals surface area (Å²) in [6, 6.07) is 5.48. The molecule has 0 aliphatic carbocycles. The Balaban J connectivity index is 1.80. The number of carbonyl (C=O) groups is 1. The first kappa shape index (κ1) is 20.0. The summed E-state index contributed by atoms with van der Waals surface area (Å²) < 4.78 is 41.5. The summed E-state index contributed by atoms with van der Waals surface area (Å²) in [4.78, 5) is 22.1. The summed E-state index contributed by atoms with van der Waals surface area (Å²) in [7, 11) is 0. The number of hydrogen-bond donors (Lipinski definition) is 2. The van der Waals surface area contributed by atoms with E-state index in [1.54, 1.807) is 6.92 Å². The van der Waals surface area contributed by atoms with E-state index >= 15 is 0 Å². The van der Waals surface area contributed by atoms with Crippen LogP contribution in [0.15, 0.2) is 36.7 Å². The number of ether oxygens (including phenoxy) is 1. The topological polar surface area (TPSA) is 121 Å². The number of para-hydroxylation sites is 1. The van der Waals surface area contributed by atoms with Crippen molar-refractivity contribution in [3.63, 3.8) is 0 Å². The van der Waals surface area contributed by atoms with Crippen LogP contribution in [0.2, 0.25) is 0 Å². The van der Waals surface area contributed by atoms with Gasteiger partial charge in [0.25, 0.3) is 5.91 Å². The molecule has 29 heavy (non-hydrogen) atoms. The first-order valence-corrected chi connectivity index (χ1v) is 8.43. The van der Waals surface area contributed by atoms with Gasteiger partial charge in [0.1, 0.15) is 5.75 Å². The lowest BCUT2D eigenvalue weighted by atomic mass is 10.2. The maximum Gasteiger partial charge on any atom is 0.573 e. The van der Waals surface area contributed by atoms with Gasteiger partial charge in [0.2, 0.25) is 0 Å². The van der Waals surface area contributed by atoms with Gasteiger partial charge in [-0.3, -0.25) is 4.79 Å². The first-order valence-electron chi connectivity index (χ1n) is 8.43. The van der Waals surface area contributed by atoms with Crippen LogP contribution in [0.25, 0.3) is 5.82 Å². The molecular formula is C17H16F3N7O2. The molecule has 0 saturated heterocycles. The van der Waals surface area contributed by atoms with Gasteiger partial charge in [-0.25, -0.2) is 9.97 Å². The van der Waals surface area contributed by atoms with Gasteiger partial charge in [0.15, 0.2) is 17.3 Å². The molecule has 0 saturated carbocycles. The van der Waals surface area contributed by atoms with Crippen molar-refractivity contribution in [2.24, 2.45) is 0 Å². The average molecular weight is 407 g/mol.